The highest BCUT2D eigenvalue weighted by Crippen LogP contribution is 2.63. The van der Waals surface area contributed by atoms with E-state index in [0.29, 0.717) is 17.2 Å². The fourth-order valence-electron chi connectivity index (χ4n) is 4.36. The van der Waals surface area contributed by atoms with E-state index in [1.54, 1.807) is 38.4 Å². The number of fused-ring (bicyclic) bond motifs is 2. The largest absolute Gasteiger partial charge is 0.484 e. The summed E-state index contributed by atoms with van der Waals surface area (Å²) in [5.74, 6) is 0.844. The fraction of sp³-hybridized carbons (Fsp3) is 0.571. The second-order valence-corrected chi connectivity index (χ2v) is 8.60. The van der Waals surface area contributed by atoms with Crippen LogP contribution in [0.25, 0.3) is 0 Å². The molecule has 0 radical (unpaired) electrons. The molecule has 2 unspecified atom stereocenters. The number of hydrogen-bond acceptors (Lipinski definition) is 4. The maximum absolute atomic E-state index is 12.1. The summed E-state index contributed by atoms with van der Waals surface area (Å²) in [7, 11) is 3.41. The van der Waals surface area contributed by atoms with Crippen LogP contribution in [0, 0.1) is 16.7 Å². The first-order valence-corrected chi connectivity index (χ1v) is 9.45. The number of amides is 2. The Bertz CT molecular complexity index is 767. The summed E-state index contributed by atoms with van der Waals surface area (Å²) < 4.78 is 5.50. The van der Waals surface area contributed by atoms with E-state index in [4.69, 9.17) is 4.74 Å². The molecule has 6 nitrogen and oxygen atoms in total. The molecule has 1 aromatic rings. The van der Waals surface area contributed by atoms with Crippen molar-refractivity contribution in [1.29, 1.82) is 0 Å². The maximum Gasteiger partial charge on any atom is 0.277 e. The van der Waals surface area contributed by atoms with Gasteiger partial charge in [-0.25, -0.2) is 5.43 Å². The van der Waals surface area contributed by atoms with Gasteiger partial charge in [0, 0.05) is 30.8 Å². The van der Waals surface area contributed by atoms with E-state index in [9.17, 15) is 9.59 Å². The van der Waals surface area contributed by atoms with Crippen LogP contribution in [0.4, 0.5) is 0 Å². The van der Waals surface area contributed by atoms with Crippen molar-refractivity contribution in [3.8, 4) is 5.75 Å². The van der Waals surface area contributed by atoms with Crippen molar-refractivity contribution in [2.45, 2.75) is 40.0 Å². The summed E-state index contributed by atoms with van der Waals surface area (Å²) in [5, 5.41) is 4.43. The van der Waals surface area contributed by atoms with Crippen LogP contribution in [-0.4, -0.2) is 43.1 Å². The molecule has 2 saturated carbocycles. The third-order valence-corrected chi connectivity index (χ3v) is 6.71. The van der Waals surface area contributed by atoms with Gasteiger partial charge in [0.15, 0.2) is 6.61 Å². The Kier molecular flexibility index (Phi) is 5.02. The number of carbonyl (C=O) groups excluding carboxylic acids is 2. The van der Waals surface area contributed by atoms with E-state index in [-0.39, 0.29) is 29.3 Å². The van der Waals surface area contributed by atoms with Crippen LogP contribution in [0.2, 0.25) is 0 Å². The monoisotopic (exact) mass is 371 g/mol. The number of hydrazone groups is 1. The fourth-order valence-corrected chi connectivity index (χ4v) is 4.36. The van der Waals surface area contributed by atoms with E-state index in [0.717, 1.165) is 18.6 Å². The van der Waals surface area contributed by atoms with Gasteiger partial charge in [0.25, 0.3) is 11.8 Å². The van der Waals surface area contributed by atoms with Crippen molar-refractivity contribution < 1.29 is 14.3 Å². The molecule has 2 aliphatic carbocycles. The average Bonchev–Trinajstić information content (AvgIpc) is 2.97. The number of rotatable bonds is 5. The van der Waals surface area contributed by atoms with Gasteiger partial charge in [0.1, 0.15) is 5.75 Å². The standard InChI is InChI=1S/C21H29N3O3/c1-20(2)15-10-11-21(20,3)17(12-15)22-23-18(25)13-27-16-8-6-14(7-9-16)19(26)24(4)5/h6-9,15H,10-13H2,1-5H3,(H,23,25). The second kappa shape index (κ2) is 6.98. The van der Waals surface area contributed by atoms with Crippen LogP contribution in [-0.2, 0) is 4.79 Å². The number of ether oxygens (including phenoxy) is 1. The molecule has 2 amide bonds. The van der Waals surface area contributed by atoms with Crippen LogP contribution < -0.4 is 10.2 Å². The molecule has 2 aliphatic rings. The molecule has 0 aromatic heterocycles. The zero-order chi connectivity index (χ0) is 19.8. The Morgan fingerprint density at radius 1 is 1.22 bits per heavy atom. The third kappa shape index (κ3) is 3.45. The lowest BCUT2D eigenvalue weighted by Crippen LogP contribution is -2.35. The minimum atomic E-state index is -0.278. The van der Waals surface area contributed by atoms with Crippen LogP contribution in [0.15, 0.2) is 29.4 Å². The number of nitrogens with zero attached hydrogens (tertiary/aromatic N) is 2. The van der Waals surface area contributed by atoms with E-state index in [1.807, 2.05) is 0 Å². The summed E-state index contributed by atoms with van der Waals surface area (Å²) in [6, 6.07) is 6.76. The van der Waals surface area contributed by atoms with Crippen molar-refractivity contribution >= 4 is 17.5 Å². The Labute approximate surface area is 161 Å². The first kappa shape index (κ1) is 19.4. The molecule has 1 N–H and O–H groups in total. The molecular formula is C21H29N3O3. The van der Waals surface area contributed by atoms with Gasteiger partial charge >= 0.3 is 0 Å². The zero-order valence-corrected chi connectivity index (χ0v) is 16.8. The SMILES string of the molecule is CN(C)C(=O)c1ccc(OCC(=O)NN=C2CC3CCC2(C)C3(C)C)cc1. The van der Waals surface area contributed by atoms with E-state index in [1.165, 1.54) is 11.3 Å². The Balaban J connectivity index is 1.53. The van der Waals surface area contributed by atoms with Gasteiger partial charge in [-0.3, -0.25) is 9.59 Å². The summed E-state index contributed by atoms with van der Waals surface area (Å²) in [6.45, 7) is 6.77. The Morgan fingerprint density at radius 2 is 1.89 bits per heavy atom. The highest BCUT2D eigenvalue weighted by atomic mass is 16.5. The van der Waals surface area contributed by atoms with Crippen molar-refractivity contribution in [3.05, 3.63) is 29.8 Å². The molecular weight excluding hydrogens is 342 g/mol. The van der Waals surface area contributed by atoms with Crippen molar-refractivity contribution in [3.63, 3.8) is 0 Å². The van der Waals surface area contributed by atoms with E-state index < -0.39 is 0 Å². The lowest BCUT2D eigenvalue weighted by Gasteiger charge is -2.34. The molecule has 0 aliphatic heterocycles. The predicted molar refractivity (Wildman–Crippen MR) is 105 cm³/mol. The summed E-state index contributed by atoms with van der Waals surface area (Å²) >= 11 is 0. The first-order chi connectivity index (χ1) is 12.6. The topological polar surface area (TPSA) is 71.0 Å². The van der Waals surface area contributed by atoms with Gasteiger partial charge < -0.3 is 9.64 Å². The summed E-state index contributed by atoms with van der Waals surface area (Å²) in [5.41, 5.74) is 4.64. The molecule has 2 bridgehead atoms. The van der Waals surface area contributed by atoms with E-state index >= 15 is 0 Å². The van der Waals surface area contributed by atoms with E-state index in [2.05, 4.69) is 31.3 Å². The van der Waals surface area contributed by atoms with Crippen LogP contribution in [0.5, 0.6) is 5.75 Å². The first-order valence-electron chi connectivity index (χ1n) is 9.45. The second-order valence-electron chi connectivity index (χ2n) is 8.60. The minimum Gasteiger partial charge on any atom is -0.484 e. The normalized spacial score (nSPS) is 26.9. The highest BCUT2D eigenvalue weighted by Gasteiger charge is 2.60. The molecule has 0 heterocycles. The van der Waals surface area contributed by atoms with Crippen molar-refractivity contribution in [2.24, 2.45) is 21.8 Å². The summed E-state index contributed by atoms with van der Waals surface area (Å²) in [4.78, 5) is 25.5. The molecule has 2 fully saturated rings. The quantitative estimate of drug-likeness (QED) is 0.809. The van der Waals surface area contributed by atoms with Gasteiger partial charge in [-0.05, 0) is 54.9 Å². The minimum absolute atomic E-state index is 0.0701. The number of nitrogens with one attached hydrogen (secondary N) is 1. The summed E-state index contributed by atoms with van der Waals surface area (Å²) in [6.07, 6.45) is 3.34. The van der Waals surface area contributed by atoms with Gasteiger partial charge in [0.2, 0.25) is 0 Å². The molecule has 27 heavy (non-hydrogen) atoms. The number of carbonyl (C=O) groups is 2. The number of benzene rings is 1. The lowest BCUT2D eigenvalue weighted by molar-refractivity contribution is -0.123. The lowest BCUT2D eigenvalue weighted by atomic mass is 9.70. The van der Waals surface area contributed by atoms with Gasteiger partial charge in [-0.2, -0.15) is 5.10 Å². The molecule has 0 saturated heterocycles. The zero-order valence-electron chi connectivity index (χ0n) is 16.8. The Hall–Kier alpha value is -2.37. The van der Waals surface area contributed by atoms with Crippen LogP contribution in [0.3, 0.4) is 0 Å². The molecule has 146 valence electrons. The average molecular weight is 371 g/mol. The molecule has 1 aromatic carbocycles. The van der Waals surface area contributed by atoms with Gasteiger partial charge in [0.05, 0.1) is 0 Å². The van der Waals surface area contributed by atoms with Gasteiger partial charge in [-0.1, -0.05) is 20.8 Å². The van der Waals surface area contributed by atoms with Crippen molar-refractivity contribution in [2.75, 3.05) is 20.7 Å². The smallest absolute Gasteiger partial charge is 0.277 e. The molecule has 0 spiro atoms. The van der Waals surface area contributed by atoms with Crippen LogP contribution >= 0.6 is 0 Å². The maximum atomic E-state index is 12.1. The van der Waals surface area contributed by atoms with Crippen LogP contribution in [0.1, 0.15) is 50.4 Å². The Morgan fingerprint density at radius 3 is 2.41 bits per heavy atom. The third-order valence-electron chi connectivity index (χ3n) is 6.71. The van der Waals surface area contributed by atoms with Gasteiger partial charge in [-0.15, -0.1) is 0 Å². The number of hydrogen-bond donors (Lipinski definition) is 1. The molecule has 6 heteroatoms. The molecule has 2 atom stereocenters. The van der Waals surface area contributed by atoms with Crippen molar-refractivity contribution in [1.82, 2.24) is 10.3 Å². The predicted octanol–water partition coefficient (Wildman–Crippen LogP) is 3.09. The molecule has 3 rings (SSSR count). The highest BCUT2D eigenvalue weighted by molar-refractivity contribution is 5.95.